The van der Waals surface area contributed by atoms with Crippen molar-refractivity contribution in [3.8, 4) is 0 Å². The minimum absolute atomic E-state index is 0.00658. The van der Waals surface area contributed by atoms with Gasteiger partial charge in [-0.2, -0.15) is 0 Å². The van der Waals surface area contributed by atoms with E-state index < -0.39 is 0 Å². The summed E-state index contributed by atoms with van der Waals surface area (Å²) >= 11 is 0. The monoisotopic (exact) mass is 197 g/mol. The molecule has 0 aliphatic heterocycles. The van der Waals surface area contributed by atoms with Crippen molar-refractivity contribution in [1.29, 1.82) is 0 Å². The second-order valence-electron chi connectivity index (χ2n) is 3.37. The molecule has 0 radical (unpaired) electrons. The van der Waals surface area contributed by atoms with Gasteiger partial charge in [0.2, 0.25) is 5.91 Å². The number of carbonyl (C=O) groups excluding carboxylic acids is 1. The molecule has 0 atom stereocenters. The lowest BCUT2D eigenvalue weighted by molar-refractivity contribution is -0.123. The molecule has 1 amide bonds. The van der Waals surface area contributed by atoms with Crippen molar-refractivity contribution in [1.82, 2.24) is 5.32 Å². The first-order chi connectivity index (χ1) is 6.52. The number of amides is 1. The first-order valence-corrected chi connectivity index (χ1v) is 4.65. The van der Waals surface area contributed by atoms with Gasteiger partial charge in [-0.1, -0.05) is 13.8 Å². The topological polar surface area (TPSA) is 67.5 Å². The number of carbonyl (C=O) groups is 1. The summed E-state index contributed by atoms with van der Waals surface area (Å²) in [5, 5.41) is 2.78. The van der Waals surface area contributed by atoms with Crippen LogP contribution in [0, 0.1) is 5.92 Å². The Bertz CT molecular complexity index is 254. The SMILES string of the molecule is CN=C(C)/C(=C\N)CNC(=O)C(C)C. The average molecular weight is 197 g/mol. The maximum absolute atomic E-state index is 11.3. The summed E-state index contributed by atoms with van der Waals surface area (Å²) in [6, 6.07) is 0. The van der Waals surface area contributed by atoms with E-state index in [4.69, 9.17) is 5.73 Å². The minimum Gasteiger partial charge on any atom is -0.404 e. The van der Waals surface area contributed by atoms with Crippen molar-refractivity contribution in [2.24, 2.45) is 16.6 Å². The van der Waals surface area contributed by atoms with E-state index in [0.29, 0.717) is 6.54 Å². The summed E-state index contributed by atoms with van der Waals surface area (Å²) in [4.78, 5) is 15.3. The van der Waals surface area contributed by atoms with Gasteiger partial charge in [0.1, 0.15) is 0 Å². The largest absolute Gasteiger partial charge is 0.404 e. The Morgan fingerprint density at radius 3 is 2.50 bits per heavy atom. The smallest absolute Gasteiger partial charge is 0.222 e. The van der Waals surface area contributed by atoms with Crippen LogP contribution in [0.5, 0.6) is 0 Å². The quantitative estimate of drug-likeness (QED) is 0.651. The maximum atomic E-state index is 11.3. The highest BCUT2D eigenvalue weighted by molar-refractivity contribution is 5.98. The lowest BCUT2D eigenvalue weighted by Gasteiger charge is -2.09. The molecule has 0 aromatic heterocycles. The Morgan fingerprint density at radius 2 is 2.14 bits per heavy atom. The van der Waals surface area contributed by atoms with Gasteiger partial charge < -0.3 is 11.1 Å². The molecule has 0 unspecified atom stereocenters. The van der Waals surface area contributed by atoms with Crippen LogP contribution in [-0.2, 0) is 4.79 Å². The molecular weight excluding hydrogens is 178 g/mol. The number of nitrogens with one attached hydrogen (secondary N) is 1. The van der Waals surface area contributed by atoms with Gasteiger partial charge in [-0.3, -0.25) is 9.79 Å². The third-order valence-corrected chi connectivity index (χ3v) is 1.98. The third-order valence-electron chi connectivity index (χ3n) is 1.98. The van der Waals surface area contributed by atoms with Gasteiger partial charge >= 0.3 is 0 Å². The number of rotatable bonds is 4. The minimum atomic E-state index is -0.00658. The number of hydrogen-bond acceptors (Lipinski definition) is 3. The van der Waals surface area contributed by atoms with Crippen LogP contribution in [0.4, 0.5) is 0 Å². The Morgan fingerprint density at radius 1 is 1.57 bits per heavy atom. The number of hydrogen-bond donors (Lipinski definition) is 2. The molecule has 14 heavy (non-hydrogen) atoms. The second kappa shape index (κ2) is 6.18. The Labute approximate surface area is 85.3 Å². The Kier molecular flexibility index (Phi) is 5.60. The zero-order valence-corrected chi connectivity index (χ0v) is 9.29. The predicted octanol–water partition coefficient (Wildman–Crippen LogP) is 0.692. The zero-order valence-electron chi connectivity index (χ0n) is 9.29. The average Bonchev–Trinajstić information content (AvgIpc) is 2.17. The van der Waals surface area contributed by atoms with Crippen molar-refractivity contribution in [2.45, 2.75) is 20.8 Å². The van der Waals surface area contributed by atoms with E-state index in [9.17, 15) is 4.79 Å². The van der Waals surface area contributed by atoms with Crippen LogP contribution in [0.15, 0.2) is 16.8 Å². The summed E-state index contributed by atoms with van der Waals surface area (Å²) < 4.78 is 0. The molecule has 0 bridgehead atoms. The van der Waals surface area contributed by atoms with Crippen LogP contribution >= 0.6 is 0 Å². The van der Waals surface area contributed by atoms with Crippen LogP contribution < -0.4 is 11.1 Å². The van der Waals surface area contributed by atoms with E-state index in [2.05, 4.69) is 10.3 Å². The maximum Gasteiger partial charge on any atom is 0.222 e. The van der Waals surface area contributed by atoms with E-state index >= 15 is 0 Å². The van der Waals surface area contributed by atoms with Gasteiger partial charge in [-0.05, 0) is 6.92 Å². The van der Waals surface area contributed by atoms with Crippen LogP contribution in [0.25, 0.3) is 0 Å². The van der Waals surface area contributed by atoms with Crippen molar-refractivity contribution >= 4 is 11.6 Å². The van der Waals surface area contributed by atoms with Crippen molar-refractivity contribution in [3.05, 3.63) is 11.8 Å². The lowest BCUT2D eigenvalue weighted by atomic mass is 10.1. The number of aliphatic imine (C=N–C) groups is 1. The highest BCUT2D eigenvalue weighted by Crippen LogP contribution is 1.96. The molecule has 0 fully saturated rings. The van der Waals surface area contributed by atoms with E-state index in [1.165, 1.54) is 6.20 Å². The summed E-state index contributed by atoms with van der Waals surface area (Å²) in [7, 11) is 1.70. The summed E-state index contributed by atoms with van der Waals surface area (Å²) in [6.07, 6.45) is 1.48. The van der Waals surface area contributed by atoms with Gasteiger partial charge in [0.25, 0.3) is 0 Å². The van der Waals surface area contributed by atoms with E-state index in [1.54, 1.807) is 7.05 Å². The highest BCUT2D eigenvalue weighted by atomic mass is 16.1. The molecule has 3 N–H and O–H groups in total. The first-order valence-electron chi connectivity index (χ1n) is 4.65. The van der Waals surface area contributed by atoms with Crippen LogP contribution in [-0.4, -0.2) is 25.2 Å². The molecule has 0 aliphatic rings. The molecule has 0 saturated carbocycles. The van der Waals surface area contributed by atoms with Gasteiger partial charge in [-0.15, -0.1) is 0 Å². The summed E-state index contributed by atoms with van der Waals surface area (Å²) in [5.41, 5.74) is 7.11. The van der Waals surface area contributed by atoms with Gasteiger partial charge in [0.15, 0.2) is 0 Å². The molecular formula is C10H19N3O. The van der Waals surface area contributed by atoms with E-state index in [-0.39, 0.29) is 11.8 Å². The lowest BCUT2D eigenvalue weighted by Crippen LogP contribution is -2.31. The molecule has 80 valence electrons. The Balaban J connectivity index is 4.18. The van der Waals surface area contributed by atoms with Crippen molar-refractivity contribution < 1.29 is 4.79 Å². The van der Waals surface area contributed by atoms with E-state index in [1.807, 2.05) is 20.8 Å². The molecule has 0 aliphatic carbocycles. The van der Waals surface area contributed by atoms with Crippen LogP contribution in [0.3, 0.4) is 0 Å². The normalized spacial score (nSPS) is 13.2. The van der Waals surface area contributed by atoms with Gasteiger partial charge in [0.05, 0.1) is 0 Å². The van der Waals surface area contributed by atoms with Gasteiger partial charge in [0, 0.05) is 37.0 Å². The first kappa shape index (κ1) is 12.7. The molecule has 0 saturated heterocycles. The Hall–Kier alpha value is -1.32. The van der Waals surface area contributed by atoms with Crippen molar-refractivity contribution in [3.63, 3.8) is 0 Å². The number of nitrogens with zero attached hydrogens (tertiary/aromatic N) is 1. The zero-order chi connectivity index (χ0) is 11.1. The molecule has 0 aromatic rings. The molecule has 4 heteroatoms. The number of nitrogens with two attached hydrogens (primary N) is 1. The van der Waals surface area contributed by atoms with Gasteiger partial charge in [-0.25, -0.2) is 0 Å². The molecule has 0 rings (SSSR count). The fourth-order valence-corrected chi connectivity index (χ4v) is 0.838. The second-order valence-corrected chi connectivity index (χ2v) is 3.37. The van der Waals surface area contributed by atoms with E-state index in [0.717, 1.165) is 11.3 Å². The van der Waals surface area contributed by atoms with Crippen molar-refractivity contribution in [2.75, 3.05) is 13.6 Å². The third kappa shape index (κ3) is 4.07. The fourth-order valence-electron chi connectivity index (χ4n) is 0.838. The fraction of sp³-hybridized carbons (Fsp3) is 0.600. The summed E-state index contributed by atoms with van der Waals surface area (Å²) in [5.74, 6) is 0.0150. The summed E-state index contributed by atoms with van der Waals surface area (Å²) in [6.45, 7) is 6.00. The molecule has 0 spiro atoms. The highest BCUT2D eigenvalue weighted by Gasteiger charge is 2.07. The molecule has 0 aromatic carbocycles. The molecule has 0 heterocycles. The predicted molar refractivity (Wildman–Crippen MR) is 59.2 cm³/mol. The standard InChI is InChI=1S/C10H19N3O/c1-7(2)10(14)13-6-9(5-11)8(3)12-4/h5,7H,6,11H2,1-4H3,(H,13,14)/b9-5-,12-8?. The van der Waals surface area contributed by atoms with Crippen LogP contribution in [0.1, 0.15) is 20.8 Å². The van der Waals surface area contributed by atoms with Crippen LogP contribution in [0.2, 0.25) is 0 Å². The molecule has 4 nitrogen and oxygen atoms in total.